The summed E-state index contributed by atoms with van der Waals surface area (Å²) >= 11 is 0. The highest BCUT2D eigenvalue weighted by atomic mass is 15.2. The number of nitrogens with zero attached hydrogens (tertiary/aromatic N) is 6. The van der Waals surface area contributed by atoms with Gasteiger partial charge in [0.2, 0.25) is 5.82 Å². The van der Waals surface area contributed by atoms with E-state index < -0.39 is 0 Å². The van der Waals surface area contributed by atoms with Gasteiger partial charge in [0, 0.05) is 56.0 Å². The van der Waals surface area contributed by atoms with Crippen LogP contribution in [0.25, 0.3) is 22.5 Å². The number of hydrogen-bond donors (Lipinski definition) is 1. The molecule has 6 rings (SSSR count). The van der Waals surface area contributed by atoms with Crippen molar-refractivity contribution in [2.45, 2.75) is 57.7 Å². The summed E-state index contributed by atoms with van der Waals surface area (Å²) in [7, 11) is 0. The number of imidazole rings is 1. The van der Waals surface area contributed by atoms with Crippen molar-refractivity contribution in [3.8, 4) is 28.6 Å². The fourth-order valence-corrected chi connectivity index (χ4v) is 5.71. The van der Waals surface area contributed by atoms with E-state index in [-0.39, 0.29) is 5.82 Å². The van der Waals surface area contributed by atoms with Gasteiger partial charge in [-0.1, -0.05) is 61.0 Å². The molecule has 0 radical (unpaired) electrons. The maximum absolute atomic E-state index is 9.03. The maximum atomic E-state index is 9.03. The summed E-state index contributed by atoms with van der Waals surface area (Å²) in [5.74, 6) is 2.16. The number of nitriles is 1. The minimum absolute atomic E-state index is 0.206. The van der Waals surface area contributed by atoms with E-state index >= 15 is 0 Å². The summed E-state index contributed by atoms with van der Waals surface area (Å²) < 4.78 is 2.46. The van der Waals surface area contributed by atoms with Crippen molar-refractivity contribution in [1.82, 2.24) is 24.4 Å². The van der Waals surface area contributed by atoms with Gasteiger partial charge in [0.1, 0.15) is 17.7 Å². The molecule has 1 saturated heterocycles. The molecule has 7 nitrogen and oxygen atoms in total. The maximum Gasteiger partial charge on any atom is 0.234 e. The number of likely N-dealkylation sites (tertiary alicyclic amines) is 1. The first-order valence-electron chi connectivity index (χ1n) is 13.7. The Kier molecular flexibility index (Phi) is 7.14. The van der Waals surface area contributed by atoms with Crippen LogP contribution in [0.1, 0.15) is 49.3 Å². The van der Waals surface area contributed by atoms with Gasteiger partial charge in [-0.2, -0.15) is 5.26 Å². The number of benzene rings is 2. The third-order valence-electron chi connectivity index (χ3n) is 7.70. The molecule has 0 bridgehead atoms. The van der Waals surface area contributed by atoms with Crippen LogP contribution in [0.5, 0.6) is 0 Å². The Morgan fingerprint density at radius 1 is 0.868 bits per heavy atom. The normalized spacial score (nSPS) is 16.4. The second-order valence-electron chi connectivity index (χ2n) is 10.3. The SMILES string of the molecule is N#Cc1nccc(NC2CCN(Cc3ccc(-c4nc5n(c4-c4ccccc4)CCCCC5)cc3)CC2)n1. The third kappa shape index (κ3) is 5.32. The predicted molar refractivity (Wildman–Crippen MR) is 149 cm³/mol. The molecule has 2 aromatic carbocycles. The Morgan fingerprint density at radius 3 is 2.47 bits per heavy atom. The van der Waals surface area contributed by atoms with E-state index in [2.05, 4.69) is 79.3 Å². The standard InChI is InChI=1S/C31H33N7/c32-21-28-33-17-14-27(35-28)34-26-15-19-37(20-16-26)22-23-10-12-24(13-11-23)30-31(25-7-3-1-4-8-25)38-18-6-2-5-9-29(38)36-30/h1,3-4,7-8,10-14,17,26H,2,5-6,9,15-16,18-20,22H2,(H,33,34,35). The Balaban J connectivity index is 1.13. The Labute approximate surface area is 224 Å². The lowest BCUT2D eigenvalue weighted by Crippen LogP contribution is -2.38. The number of anilines is 1. The molecule has 7 heteroatoms. The van der Waals surface area contributed by atoms with Gasteiger partial charge in [0.25, 0.3) is 0 Å². The van der Waals surface area contributed by atoms with Crippen molar-refractivity contribution in [3.63, 3.8) is 0 Å². The van der Waals surface area contributed by atoms with Gasteiger partial charge in [-0.3, -0.25) is 4.90 Å². The molecule has 4 aromatic rings. The zero-order valence-corrected chi connectivity index (χ0v) is 21.7. The van der Waals surface area contributed by atoms with Gasteiger partial charge in [0.15, 0.2) is 0 Å². The fraction of sp³-hybridized carbons (Fsp3) is 0.355. The van der Waals surface area contributed by atoms with Gasteiger partial charge in [-0.25, -0.2) is 15.0 Å². The van der Waals surface area contributed by atoms with Crippen molar-refractivity contribution < 1.29 is 0 Å². The van der Waals surface area contributed by atoms with E-state index in [9.17, 15) is 0 Å². The summed E-state index contributed by atoms with van der Waals surface area (Å²) in [5.41, 5.74) is 6.13. The average molecular weight is 504 g/mol. The van der Waals surface area contributed by atoms with Crippen LogP contribution in [0.15, 0.2) is 66.9 Å². The minimum atomic E-state index is 0.206. The molecule has 0 spiro atoms. The van der Waals surface area contributed by atoms with Crippen LogP contribution >= 0.6 is 0 Å². The van der Waals surface area contributed by atoms with E-state index in [1.54, 1.807) is 6.20 Å². The first-order chi connectivity index (χ1) is 18.8. The molecule has 2 aliphatic rings. The molecule has 1 fully saturated rings. The van der Waals surface area contributed by atoms with Crippen LogP contribution in [0.2, 0.25) is 0 Å². The molecule has 2 aliphatic heterocycles. The van der Waals surface area contributed by atoms with Crippen LogP contribution in [0, 0.1) is 11.3 Å². The summed E-state index contributed by atoms with van der Waals surface area (Å²) in [6.07, 6.45) is 8.49. The first kappa shape index (κ1) is 24.3. The predicted octanol–water partition coefficient (Wildman–Crippen LogP) is 5.68. The van der Waals surface area contributed by atoms with Crippen molar-refractivity contribution in [2.75, 3.05) is 18.4 Å². The smallest absolute Gasteiger partial charge is 0.234 e. The van der Waals surface area contributed by atoms with Crippen LogP contribution in [0.4, 0.5) is 5.82 Å². The van der Waals surface area contributed by atoms with E-state index in [1.807, 2.05) is 12.1 Å². The fourth-order valence-electron chi connectivity index (χ4n) is 5.71. The lowest BCUT2D eigenvalue weighted by atomic mass is 10.0. The Hall–Kier alpha value is -4.02. The zero-order valence-electron chi connectivity index (χ0n) is 21.7. The molecule has 0 amide bonds. The third-order valence-corrected chi connectivity index (χ3v) is 7.70. The molecule has 0 aliphatic carbocycles. The molecule has 38 heavy (non-hydrogen) atoms. The van der Waals surface area contributed by atoms with E-state index in [0.717, 1.165) is 57.0 Å². The highest BCUT2D eigenvalue weighted by Crippen LogP contribution is 2.35. The van der Waals surface area contributed by atoms with Crippen molar-refractivity contribution >= 4 is 5.82 Å². The van der Waals surface area contributed by atoms with E-state index in [0.29, 0.717) is 6.04 Å². The summed E-state index contributed by atoms with van der Waals surface area (Å²) in [6, 6.07) is 24.0. The van der Waals surface area contributed by atoms with Crippen molar-refractivity contribution in [2.24, 2.45) is 0 Å². The summed E-state index contributed by atoms with van der Waals surface area (Å²) in [4.78, 5) is 15.9. The highest BCUT2D eigenvalue weighted by Gasteiger charge is 2.22. The Bertz CT molecular complexity index is 1410. The van der Waals surface area contributed by atoms with Crippen molar-refractivity contribution in [1.29, 1.82) is 5.26 Å². The topological polar surface area (TPSA) is 82.7 Å². The van der Waals surface area contributed by atoms with Gasteiger partial charge in [-0.05, 0) is 37.3 Å². The van der Waals surface area contributed by atoms with Gasteiger partial charge < -0.3 is 9.88 Å². The van der Waals surface area contributed by atoms with E-state index in [4.69, 9.17) is 10.2 Å². The molecule has 0 unspecified atom stereocenters. The lowest BCUT2D eigenvalue weighted by Gasteiger charge is -2.32. The molecule has 2 aromatic heterocycles. The monoisotopic (exact) mass is 503 g/mol. The molecular formula is C31H33N7. The second kappa shape index (κ2) is 11.2. The molecule has 4 heterocycles. The van der Waals surface area contributed by atoms with Crippen LogP contribution in [-0.4, -0.2) is 43.6 Å². The number of nitrogens with one attached hydrogen (secondary N) is 1. The number of aryl methyl sites for hydroxylation is 1. The molecule has 192 valence electrons. The second-order valence-corrected chi connectivity index (χ2v) is 10.3. The first-order valence-corrected chi connectivity index (χ1v) is 13.7. The molecule has 1 N–H and O–H groups in total. The van der Waals surface area contributed by atoms with Crippen LogP contribution in [0.3, 0.4) is 0 Å². The van der Waals surface area contributed by atoms with Crippen LogP contribution < -0.4 is 5.32 Å². The number of fused-ring (bicyclic) bond motifs is 1. The largest absolute Gasteiger partial charge is 0.367 e. The van der Waals surface area contributed by atoms with Crippen LogP contribution in [-0.2, 0) is 19.5 Å². The highest BCUT2D eigenvalue weighted by molar-refractivity contribution is 5.79. The van der Waals surface area contributed by atoms with Gasteiger partial charge in [-0.15, -0.1) is 0 Å². The van der Waals surface area contributed by atoms with E-state index in [1.165, 1.54) is 47.5 Å². The average Bonchev–Trinajstić information content (AvgIpc) is 3.17. The number of aromatic nitrogens is 4. The minimum Gasteiger partial charge on any atom is -0.367 e. The number of hydrogen-bond acceptors (Lipinski definition) is 6. The number of piperidine rings is 1. The molecular weight excluding hydrogens is 470 g/mol. The molecule has 0 atom stereocenters. The van der Waals surface area contributed by atoms with Crippen molar-refractivity contribution in [3.05, 3.63) is 84.1 Å². The number of rotatable bonds is 6. The Morgan fingerprint density at radius 2 is 1.68 bits per heavy atom. The van der Waals surface area contributed by atoms with Gasteiger partial charge >= 0.3 is 0 Å². The lowest BCUT2D eigenvalue weighted by molar-refractivity contribution is 0.211. The quantitative estimate of drug-likeness (QED) is 0.364. The zero-order chi connectivity index (χ0) is 25.7. The van der Waals surface area contributed by atoms with Gasteiger partial charge in [0.05, 0.1) is 11.4 Å². The molecule has 0 saturated carbocycles. The summed E-state index contributed by atoms with van der Waals surface area (Å²) in [5, 5.41) is 12.5. The summed E-state index contributed by atoms with van der Waals surface area (Å²) in [6.45, 7) is 4.06.